The van der Waals surface area contributed by atoms with Gasteiger partial charge in [-0.3, -0.25) is 10.2 Å². The van der Waals surface area contributed by atoms with Crippen molar-refractivity contribution in [3.05, 3.63) is 0 Å². The van der Waals surface area contributed by atoms with Crippen LogP contribution in [0.25, 0.3) is 0 Å². The van der Waals surface area contributed by atoms with Crippen molar-refractivity contribution < 1.29 is 19.0 Å². The van der Waals surface area contributed by atoms with Crippen LogP contribution in [0, 0.1) is 0 Å². The number of ether oxygens (including phenoxy) is 3. The van der Waals surface area contributed by atoms with E-state index in [4.69, 9.17) is 14.2 Å². The van der Waals surface area contributed by atoms with Gasteiger partial charge in [0.05, 0.1) is 26.4 Å². The minimum Gasteiger partial charge on any atom is -0.382 e. The smallest absolute Gasteiger partial charge is 0.260 e. The second-order valence-corrected chi connectivity index (χ2v) is 3.18. The number of carbonyl (C=O) groups excluding carboxylic acids is 1. The molecule has 1 amide bonds. The van der Waals surface area contributed by atoms with E-state index < -0.39 is 0 Å². The number of nitrogens with zero attached hydrogens (tertiary/aromatic N) is 1. The van der Waals surface area contributed by atoms with Crippen molar-refractivity contribution in [3.63, 3.8) is 0 Å². The Labute approximate surface area is 89.4 Å². The summed E-state index contributed by atoms with van der Waals surface area (Å²) in [5.74, 6) is -0.131. The standard InChI is InChI=1S/C9H18N2O4/c1-13-6-7-15-8-9(12)10-11-2-4-14-5-3-11/h2-8H2,1H3,(H,10,12). The minimum atomic E-state index is -0.131. The van der Waals surface area contributed by atoms with E-state index in [1.807, 2.05) is 5.01 Å². The normalized spacial score (nSPS) is 17.7. The number of rotatable bonds is 6. The molecule has 15 heavy (non-hydrogen) atoms. The predicted molar refractivity (Wildman–Crippen MR) is 53.2 cm³/mol. The van der Waals surface area contributed by atoms with Crippen molar-refractivity contribution in [2.75, 3.05) is 53.2 Å². The number of morpholine rings is 1. The van der Waals surface area contributed by atoms with Gasteiger partial charge in [-0.15, -0.1) is 0 Å². The summed E-state index contributed by atoms with van der Waals surface area (Å²) in [6, 6.07) is 0. The van der Waals surface area contributed by atoms with Crippen LogP contribution in [0.5, 0.6) is 0 Å². The zero-order valence-corrected chi connectivity index (χ0v) is 9.03. The van der Waals surface area contributed by atoms with Crippen molar-refractivity contribution in [2.24, 2.45) is 0 Å². The highest BCUT2D eigenvalue weighted by atomic mass is 16.5. The first-order chi connectivity index (χ1) is 7.33. The summed E-state index contributed by atoms with van der Waals surface area (Å²) in [5, 5.41) is 1.84. The summed E-state index contributed by atoms with van der Waals surface area (Å²) < 4.78 is 15.0. The van der Waals surface area contributed by atoms with Crippen molar-refractivity contribution in [3.8, 4) is 0 Å². The average molecular weight is 218 g/mol. The van der Waals surface area contributed by atoms with Crippen molar-refractivity contribution in [1.29, 1.82) is 0 Å². The van der Waals surface area contributed by atoms with Crippen LogP contribution in [-0.4, -0.2) is 64.1 Å². The molecule has 1 aliphatic heterocycles. The second-order valence-electron chi connectivity index (χ2n) is 3.18. The van der Waals surface area contributed by atoms with Gasteiger partial charge < -0.3 is 14.2 Å². The molecular formula is C9H18N2O4. The van der Waals surface area contributed by atoms with Gasteiger partial charge in [0.2, 0.25) is 0 Å². The molecule has 1 fully saturated rings. The Kier molecular flexibility index (Phi) is 6.26. The van der Waals surface area contributed by atoms with E-state index in [0.29, 0.717) is 26.4 Å². The summed E-state index contributed by atoms with van der Waals surface area (Å²) in [6.45, 7) is 3.78. The van der Waals surface area contributed by atoms with Gasteiger partial charge in [0.25, 0.3) is 5.91 Å². The predicted octanol–water partition coefficient (Wildman–Crippen LogP) is -0.987. The zero-order chi connectivity index (χ0) is 10.9. The van der Waals surface area contributed by atoms with Gasteiger partial charge in [-0.25, -0.2) is 5.01 Å². The highest BCUT2D eigenvalue weighted by molar-refractivity contribution is 5.76. The van der Waals surface area contributed by atoms with Crippen LogP contribution in [0.2, 0.25) is 0 Å². The first kappa shape index (κ1) is 12.4. The maximum Gasteiger partial charge on any atom is 0.260 e. The Bertz CT molecular complexity index is 183. The Morgan fingerprint density at radius 3 is 2.80 bits per heavy atom. The highest BCUT2D eigenvalue weighted by Gasteiger charge is 2.12. The van der Waals surface area contributed by atoms with E-state index in [-0.39, 0.29) is 12.5 Å². The molecule has 88 valence electrons. The van der Waals surface area contributed by atoms with Crippen LogP contribution in [0.3, 0.4) is 0 Å². The van der Waals surface area contributed by atoms with Gasteiger partial charge in [-0.05, 0) is 0 Å². The molecule has 1 rings (SSSR count). The molecule has 0 atom stereocenters. The molecule has 0 aromatic carbocycles. The molecule has 1 aliphatic rings. The summed E-state index contributed by atoms with van der Waals surface area (Å²) in [6.07, 6.45) is 0. The molecule has 6 heteroatoms. The van der Waals surface area contributed by atoms with Crippen molar-refractivity contribution in [1.82, 2.24) is 10.4 Å². The van der Waals surface area contributed by atoms with Crippen LogP contribution >= 0.6 is 0 Å². The Morgan fingerprint density at radius 2 is 2.13 bits per heavy atom. The number of carbonyl (C=O) groups is 1. The van der Waals surface area contributed by atoms with Gasteiger partial charge >= 0.3 is 0 Å². The third-order valence-electron chi connectivity index (χ3n) is 1.96. The van der Waals surface area contributed by atoms with Gasteiger partial charge in [0, 0.05) is 20.2 Å². The Hall–Kier alpha value is -0.690. The monoisotopic (exact) mass is 218 g/mol. The van der Waals surface area contributed by atoms with Crippen LogP contribution in [-0.2, 0) is 19.0 Å². The van der Waals surface area contributed by atoms with Gasteiger partial charge in [-0.1, -0.05) is 0 Å². The molecule has 6 nitrogen and oxygen atoms in total. The van der Waals surface area contributed by atoms with Gasteiger partial charge in [0.1, 0.15) is 6.61 Å². The molecule has 0 bridgehead atoms. The van der Waals surface area contributed by atoms with Gasteiger partial charge in [-0.2, -0.15) is 0 Å². The molecule has 1 heterocycles. The van der Waals surface area contributed by atoms with Crippen LogP contribution in [0.4, 0.5) is 0 Å². The third kappa shape index (κ3) is 5.68. The number of amides is 1. The number of hydrogen-bond acceptors (Lipinski definition) is 5. The fourth-order valence-corrected chi connectivity index (χ4v) is 1.19. The zero-order valence-electron chi connectivity index (χ0n) is 9.03. The molecule has 0 radical (unpaired) electrons. The van der Waals surface area contributed by atoms with E-state index in [1.165, 1.54) is 0 Å². The molecule has 1 saturated heterocycles. The minimum absolute atomic E-state index is 0.0702. The number of hydrogen-bond donors (Lipinski definition) is 1. The molecule has 0 aromatic rings. The molecule has 0 unspecified atom stereocenters. The molecule has 0 saturated carbocycles. The molecule has 1 N–H and O–H groups in total. The summed E-state index contributed by atoms with van der Waals surface area (Å²) >= 11 is 0. The lowest BCUT2D eigenvalue weighted by Gasteiger charge is -2.26. The van der Waals surface area contributed by atoms with E-state index in [2.05, 4.69) is 5.43 Å². The molecule has 0 aliphatic carbocycles. The molecule has 0 spiro atoms. The maximum atomic E-state index is 11.3. The topological polar surface area (TPSA) is 60.0 Å². The fraction of sp³-hybridized carbons (Fsp3) is 0.889. The van der Waals surface area contributed by atoms with Crippen molar-refractivity contribution in [2.45, 2.75) is 0 Å². The molecular weight excluding hydrogens is 200 g/mol. The van der Waals surface area contributed by atoms with E-state index in [0.717, 1.165) is 13.1 Å². The molecule has 0 aromatic heterocycles. The summed E-state index contributed by atoms with van der Waals surface area (Å²) in [7, 11) is 1.59. The van der Waals surface area contributed by atoms with Gasteiger partial charge in [0.15, 0.2) is 0 Å². The number of methoxy groups -OCH3 is 1. The summed E-state index contributed by atoms with van der Waals surface area (Å²) in [4.78, 5) is 11.3. The number of nitrogens with one attached hydrogen (secondary N) is 1. The third-order valence-corrected chi connectivity index (χ3v) is 1.96. The van der Waals surface area contributed by atoms with Crippen LogP contribution in [0.1, 0.15) is 0 Å². The largest absolute Gasteiger partial charge is 0.382 e. The number of hydrazine groups is 1. The lowest BCUT2D eigenvalue weighted by molar-refractivity contribution is -0.133. The Morgan fingerprint density at radius 1 is 1.40 bits per heavy atom. The van der Waals surface area contributed by atoms with E-state index >= 15 is 0 Å². The first-order valence-electron chi connectivity index (χ1n) is 5.02. The second kappa shape index (κ2) is 7.58. The quantitative estimate of drug-likeness (QED) is 0.580. The first-order valence-corrected chi connectivity index (χ1v) is 5.02. The van der Waals surface area contributed by atoms with Crippen LogP contribution < -0.4 is 5.43 Å². The SMILES string of the molecule is COCCOCC(=O)NN1CCOCC1. The lowest BCUT2D eigenvalue weighted by atomic mass is 10.5. The summed E-state index contributed by atoms with van der Waals surface area (Å²) in [5.41, 5.74) is 2.74. The maximum absolute atomic E-state index is 11.3. The Balaban J connectivity index is 2.01. The van der Waals surface area contributed by atoms with Crippen LogP contribution in [0.15, 0.2) is 0 Å². The van der Waals surface area contributed by atoms with Crippen molar-refractivity contribution >= 4 is 5.91 Å². The van der Waals surface area contributed by atoms with E-state index in [1.54, 1.807) is 7.11 Å². The van der Waals surface area contributed by atoms with E-state index in [9.17, 15) is 4.79 Å². The fourth-order valence-electron chi connectivity index (χ4n) is 1.19. The highest BCUT2D eigenvalue weighted by Crippen LogP contribution is 1.92. The average Bonchev–Trinajstić information content (AvgIpc) is 2.26. The lowest BCUT2D eigenvalue weighted by Crippen LogP contribution is -2.49.